The zero-order valence-corrected chi connectivity index (χ0v) is 11.8. The largest absolute Gasteiger partial charge is 0.309 e. The molecule has 0 heterocycles. The van der Waals surface area contributed by atoms with Crippen molar-refractivity contribution in [3.8, 4) is 0 Å². The summed E-state index contributed by atoms with van der Waals surface area (Å²) in [5, 5.41) is 3.07. The standard InChI is InChI=1S/C14H21NO2S/c1-3-15-14-12-8-6-5-7-11(12)9-10-13(14)18(16,17)4-2/h5-8,13-15H,3-4,9-10H2,1-2H3. The lowest BCUT2D eigenvalue weighted by Crippen LogP contribution is -2.41. The van der Waals surface area contributed by atoms with Crippen LogP contribution < -0.4 is 5.32 Å². The lowest BCUT2D eigenvalue weighted by molar-refractivity contribution is 0.457. The first-order chi connectivity index (χ1) is 8.60. The van der Waals surface area contributed by atoms with E-state index in [9.17, 15) is 8.42 Å². The second-order valence-electron chi connectivity index (χ2n) is 4.76. The first-order valence-electron chi connectivity index (χ1n) is 6.63. The van der Waals surface area contributed by atoms with Gasteiger partial charge in [0, 0.05) is 11.8 Å². The van der Waals surface area contributed by atoms with Crippen LogP contribution >= 0.6 is 0 Å². The second kappa shape index (κ2) is 5.41. The number of benzene rings is 1. The summed E-state index contributed by atoms with van der Waals surface area (Å²) in [5.41, 5.74) is 2.44. The van der Waals surface area contributed by atoms with Crippen molar-refractivity contribution < 1.29 is 8.42 Å². The maximum Gasteiger partial charge on any atom is 0.154 e. The van der Waals surface area contributed by atoms with Gasteiger partial charge in [0.15, 0.2) is 9.84 Å². The highest BCUT2D eigenvalue weighted by Crippen LogP contribution is 2.34. The van der Waals surface area contributed by atoms with E-state index in [0.29, 0.717) is 0 Å². The minimum Gasteiger partial charge on any atom is -0.309 e. The lowest BCUT2D eigenvalue weighted by atomic mass is 9.87. The number of fused-ring (bicyclic) bond motifs is 1. The zero-order chi connectivity index (χ0) is 13.2. The molecule has 3 nitrogen and oxygen atoms in total. The molecule has 2 atom stereocenters. The van der Waals surface area contributed by atoms with Crippen molar-refractivity contribution in [1.82, 2.24) is 5.32 Å². The van der Waals surface area contributed by atoms with Crippen molar-refractivity contribution in [2.45, 2.75) is 38.0 Å². The molecule has 1 aliphatic carbocycles. The van der Waals surface area contributed by atoms with Gasteiger partial charge in [0.05, 0.1) is 5.25 Å². The molecule has 1 aliphatic rings. The molecule has 0 spiro atoms. The molecule has 0 bridgehead atoms. The molecule has 1 aromatic carbocycles. The van der Waals surface area contributed by atoms with Gasteiger partial charge in [-0.25, -0.2) is 8.42 Å². The van der Waals surface area contributed by atoms with Gasteiger partial charge in [-0.15, -0.1) is 0 Å². The highest BCUT2D eigenvalue weighted by molar-refractivity contribution is 7.92. The Hall–Kier alpha value is -0.870. The van der Waals surface area contributed by atoms with Crippen LogP contribution in [0.1, 0.15) is 37.4 Å². The number of nitrogens with one attached hydrogen (secondary N) is 1. The lowest BCUT2D eigenvalue weighted by Gasteiger charge is -2.33. The average Bonchev–Trinajstić information content (AvgIpc) is 2.39. The van der Waals surface area contributed by atoms with Gasteiger partial charge >= 0.3 is 0 Å². The van der Waals surface area contributed by atoms with Crippen molar-refractivity contribution in [3.63, 3.8) is 0 Å². The van der Waals surface area contributed by atoms with Crippen molar-refractivity contribution in [2.75, 3.05) is 12.3 Å². The van der Waals surface area contributed by atoms with E-state index in [4.69, 9.17) is 0 Å². The second-order valence-corrected chi connectivity index (χ2v) is 7.27. The number of rotatable bonds is 4. The van der Waals surface area contributed by atoms with E-state index in [2.05, 4.69) is 17.4 Å². The normalized spacial score (nSPS) is 23.7. The Labute approximate surface area is 110 Å². The van der Waals surface area contributed by atoms with E-state index >= 15 is 0 Å². The molecule has 18 heavy (non-hydrogen) atoms. The molecule has 0 aromatic heterocycles. The van der Waals surface area contributed by atoms with Crippen LogP contribution in [0.3, 0.4) is 0 Å². The summed E-state index contributed by atoms with van der Waals surface area (Å²) >= 11 is 0. The van der Waals surface area contributed by atoms with E-state index in [-0.39, 0.29) is 17.0 Å². The topological polar surface area (TPSA) is 46.2 Å². The van der Waals surface area contributed by atoms with E-state index in [1.54, 1.807) is 6.92 Å². The predicted octanol–water partition coefficient (Wildman–Crippen LogP) is 2.09. The Morgan fingerprint density at radius 2 is 2.00 bits per heavy atom. The van der Waals surface area contributed by atoms with Crippen molar-refractivity contribution in [1.29, 1.82) is 0 Å². The predicted molar refractivity (Wildman–Crippen MR) is 74.4 cm³/mol. The van der Waals surface area contributed by atoms with Crippen LogP contribution in [0.15, 0.2) is 24.3 Å². The van der Waals surface area contributed by atoms with Crippen LogP contribution in [-0.2, 0) is 16.3 Å². The molecule has 0 fully saturated rings. The smallest absolute Gasteiger partial charge is 0.154 e. The molecular formula is C14H21NO2S. The van der Waals surface area contributed by atoms with Gasteiger partial charge in [0.25, 0.3) is 0 Å². The van der Waals surface area contributed by atoms with Gasteiger partial charge in [-0.1, -0.05) is 38.1 Å². The molecule has 0 aliphatic heterocycles. The third-order valence-electron chi connectivity index (χ3n) is 3.75. The summed E-state index contributed by atoms with van der Waals surface area (Å²) in [7, 11) is -3.00. The molecular weight excluding hydrogens is 246 g/mol. The van der Waals surface area contributed by atoms with Gasteiger partial charge in [-0.3, -0.25) is 0 Å². The van der Waals surface area contributed by atoms with E-state index in [1.807, 2.05) is 19.1 Å². The summed E-state index contributed by atoms with van der Waals surface area (Å²) in [5.74, 6) is 0.224. The maximum absolute atomic E-state index is 12.2. The Kier molecular flexibility index (Phi) is 4.07. The molecule has 0 amide bonds. The van der Waals surface area contributed by atoms with Gasteiger partial charge < -0.3 is 5.32 Å². The number of sulfone groups is 1. The van der Waals surface area contributed by atoms with Crippen LogP contribution in [0.25, 0.3) is 0 Å². The summed E-state index contributed by atoms with van der Waals surface area (Å²) in [6.45, 7) is 4.54. The Morgan fingerprint density at radius 1 is 1.28 bits per heavy atom. The molecule has 2 rings (SSSR count). The molecule has 4 heteroatoms. The van der Waals surface area contributed by atoms with Crippen LogP contribution in [-0.4, -0.2) is 26.0 Å². The molecule has 2 unspecified atom stereocenters. The van der Waals surface area contributed by atoms with Crippen molar-refractivity contribution in [2.24, 2.45) is 0 Å². The summed E-state index contributed by atoms with van der Waals surface area (Å²) in [6.07, 6.45) is 1.59. The first kappa shape index (κ1) is 13.6. The zero-order valence-electron chi connectivity index (χ0n) is 11.0. The molecule has 1 N–H and O–H groups in total. The van der Waals surface area contributed by atoms with E-state index < -0.39 is 9.84 Å². The molecule has 0 saturated heterocycles. The molecule has 0 saturated carbocycles. The van der Waals surface area contributed by atoms with Crippen molar-refractivity contribution in [3.05, 3.63) is 35.4 Å². The fraction of sp³-hybridized carbons (Fsp3) is 0.571. The highest BCUT2D eigenvalue weighted by atomic mass is 32.2. The number of hydrogen-bond acceptors (Lipinski definition) is 3. The monoisotopic (exact) mass is 267 g/mol. The Balaban J connectivity index is 2.41. The van der Waals surface area contributed by atoms with Gasteiger partial charge in [0.2, 0.25) is 0 Å². The van der Waals surface area contributed by atoms with Gasteiger partial charge in [0.1, 0.15) is 0 Å². The van der Waals surface area contributed by atoms with E-state index in [1.165, 1.54) is 5.56 Å². The number of hydrogen-bond donors (Lipinski definition) is 1. The quantitative estimate of drug-likeness (QED) is 0.908. The minimum atomic E-state index is -3.00. The third-order valence-corrected chi connectivity index (χ3v) is 5.98. The molecule has 100 valence electrons. The highest BCUT2D eigenvalue weighted by Gasteiger charge is 2.36. The average molecular weight is 267 g/mol. The van der Waals surface area contributed by atoms with Crippen LogP contribution in [0.4, 0.5) is 0 Å². The summed E-state index contributed by atoms with van der Waals surface area (Å²) in [4.78, 5) is 0. The summed E-state index contributed by atoms with van der Waals surface area (Å²) < 4.78 is 24.4. The minimum absolute atomic E-state index is 0.0510. The van der Waals surface area contributed by atoms with Crippen LogP contribution in [0.5, 0.6) is 0 Å². The van der Waals surface area contributed by atoms with Crippen molar-refractivity contribution >= 4 is 9.84 Å². The fourth-order valence-corrected chi connectivity index (χ4v) is 4.35. The Bertz CT molecular complexity index is 510. The first-order valence-corrected chi connectivity index (χ1v) is 8.34. The Morgan fingerprint density at radius 3 is 2.67 bits per heavy atom. The fourth-order valence-electron chi connectivity index (χ4n) is 2.79. The summed E-state index contributed by atoms with van der Waals surface area (Å²) in [6, 6.07) is 8.12. The van der Waals surface area contributed by atoms with Crippen LogP contribution in [0.2, 0.25) is 0 Å². The van der Waals surface area contributed by atoms with Gasteiger partial charge in [-0.05, 0) is 30.5 Å². The van der Waals surface area contributed by atoms with Crippen LogP contribution in [0, 0.1) is 0 Å². The molecule has 1 aromatic rings. The third kappa shape index (κ3) is 2.45. The SMILES string of the molecule is CCNC1c2ccccc2CCC1S(=O)(=O)CC. The van der Waals surface area contributed by atoms with E-state index in [0.717, 1.165) is 24.9 Å². The van der Waals surface area contributed by atoms with Gasteiger partial charge in [-0.2, -0.15) is 0 Å². The maximum atomic E-state index is 12.2. The molecule has 0 radical (unpaired) electrons. The number of aryl methyl sites for hydroxylation is 1.